The number of hydrogen-bond acceptors (Lipinski definition) is 3. The molecule has 2 saturated heterocycles. The van der Waals surface area contributed by atoms with Crippen molar-refractivity contribution in [3.05, 3.63) is 58.9 Å². The van der Waals surface area contributed by atoms with Crippen molar-refractivity contribution in [2.24, 2.45) is 5.41 Å². The molecule has 0 bridgehead atoms. The lowest BCUT2D eigenvalue weighted by Crippen LogP contribution is -2.44. The zero-order valence-corrected chi connectivity index (χ0v) is 17.0. The fourth-order valence-corrected chi connectivity index (χ4v) is 4.06. The Kier molecular flexibility index (Phi) is 6.48. The van der Waals surface area contributed by atoms with Gasteiger partial charge in [-0.05, 0) is 73.7 Å². The van der Waals surface area contributed by atoms with Crippen molar-refractivity contribution in [2.45, 2.75) is 19.3 Å². The van der Waals surface area contributed by atoms with E-state index in [0.717, 1.165) is 39.0 Å². The molecular formula is C21H23Cl2FN2O2. The molecule has 0 aromatic heterocycles. The number of likely N-dealkylation sites (tertiary alicyclic amines) is 1. The Balaban J connectivity index is 0.00000225. The van der Waals surface area contributed by atoms with Crippen LogP contribution in [0.2, 0.25) is 5.02 Å². The van der Waals surface area contributed by atoms with E-state index >= 15 is 0 Å². The van der Waals surface area contributed by atoms with Gasteiger partial charge in [0.1, 0.15) is 5.75 Å². The molecule has 28 heavy (non-hydrogen) atoms. The SMILES string of the molecule is Cl.O=C(c1ccc(Oc2ccc(Cl)cc2)c(F)c1)N1CCC2(CCNC2)CC1. The predicted octanol–water partition coefficient (Wildman–Crippen LogP) is 4.91. The van der Waals surface area contributed by atoms with E-state index in [4.69, 9.17) is 16.3 Å². The summed E-state index contributed by atoms with van der Waals surface area (Å²) in [5.41, 5.74) is 0.703. The molecule has 2 heterocycles. The van der Waals surface area contributed by atoms with Crippen molar-refractivity contribution in [1.82, 2.24) is 10.2 Å². The second-order valence-electron chi connectivity index (χ2n) is 7.42. The number of piperidine rings is 1. The van der Waals surface area contributed by atoms with E-state index in [1.54, 1.807) is 30.3 Å². The van der Waals surface area contributed by atoms with E-state index in [1.165, 1.54) is 18.6 Å². The van der Waals surface area contributed by atoms with Gasteiger partial charge in [-0.1, -0.05) is 11.6 Å². The average molecular weight is 425 g/mol. The Hall–Kier alpha value is -1.82. The van der Waals surface area contributed by atoms with Crippen molar-refractivity contribution in [1.29, 1.82) is 0 Å². The summed E-state index contributed by atoms with van der Waals surface area (Å²) >= 11 is 5.84. The molecule has 2 aromatic rings. The van der Waals surface area contributed by atoms with Gasteiger partial charge in [0, 0.05) is 30.2 Å². The number of hydrogen-bond donors (Lipinski definition) is 1. The summed E-state index contributed by atoms with van der Waals surface area (Å²) in [5, 5.41) is 4.00. The van der Waals surface area contributed by atoms with E-state index in [2.05, 4.69) is 5.32 Å². The minimum absolute atomic E-state index is 0. The fraction of sp³-hybridized carbons (Fsp3) is 0.381. The van der Waals surface area contributed by atoms with E-state index in [9.17, 15) is 9.18 Å². The first-order valence-corrected chi connectivity index (χ1v) is 9.66. The Morgan fingerprint density at radius 1 is 1.11 bits per heavy atom. The molecule has 0 radical (unpaired) electrons. The third-order valence-electron chi connectivity index (χ3n) is 5.66. The summed E-state index contributed by atoms with van der Waals surface area (Å²) in [6.07, 6.45) is 3.19. The highest BCUT2D eigenvalue weighted by Gasteiger charge is 2.38. The molecule has 0 atom stereocenters. The monoisotopic (exact) mass is 424 g/mol. The largest absolute Gasteiger partial charge is 0.454 e. The number of carbonyl (C=O) groups excluding carboxylic acids is 1. The first-order chi connectivity index (χ1) is 13.0. The number of benzene rings is 2. The summed E-state index contributed by atoms with van der Waals surface area (Å²) < 4.78 is 20.0. The van der Waals surface area contributed by atoms with Crippen LogP contribution in [0.1, 0.15) is 29.6 Å². The Bertz CT molecular complexity index is 829. The van der Waals surface area contributed by atoms with Crippen molar-refractivity contribution in [3.8, 4) is 11.5 Å². The predicted molar refractivity (Wildman–Crippen MR) is 110 cm³/mol. The summed E-state index contributed by atoms with van der Waals surface area (Å²) in [6.45, 7) is 3.56. The minimum Gasteiger partial charge on any atom is -0.454 e. The molecule has 1 spiro atoms. The van der Waals surface area contributed by atoms with Crippen LogP contribution < -0.4 is 10.1 Å². The summed E-state index contributed by atoms with van der Waals surface area (Å²) in [4.78, 5) is 14.6. The van der Waals surface area contributed by atoms with Gasteiger partial charge in [0.05, 0.1) is 0 Å². The first kappa shape index (κ1) is 20.9. The second kappa shape index (κ2) is 8.68. The maximum Gasteiger partial charge on any atom is 0.253 e. The molecule has 1 N–H and O–H groups in total. The molecule has 4 nitrogen and oxygen atoms in total. The molecule has 1 amide bonds. The molecule has 2 aliphatic heterocycles. The van der Waals surface area contributed by atoms with Gasteiger partial charge in [-0.3, -0.25) is 4.79 Å². The van der Waals surface area contributed by atoms with Crippen molar-refractivity contribution >= 4 is 29.9 Å². The number of ether oxygens (including phenoxy) is 1. The quantitative estimate of drug-likeness (QED) is 0.760. The van der Waals surface area contributed by atoms with Gasteiger partial charge in [-0.2, -0.15) is 0 Å². The molecule has 2 aromatic carbocycles. The third-order valence-corrected chi connectivity index (χ3v) is 5.92. The lowest BCUT2D eigenvalue weighted by molar-refractivity contribution is 0.0607. The molecule has 4 rings (SSSR count). The average Bonchev–Trinajstić information content (AvgIpc) is 3.13. The summed E-state index contributed by atoms with van der Waals surface area (Å²) in [5.74, 6) is -0.0931. The molecule has 0 saturated carbocycles. The standard InChI is InChI=1S/C21H22ClFN2O2.ClH/c22-16-2-4-17(5-3-16)27-19-6-1-15(13-18(19)23)20(26)25-11-8-21(9-12-25)7-10-24-14-21;/h1-6,13,24H,7-12,14H2;1H. The topological polar surface area (TPSA) is 41.6 Å². The number of amides is 1. The zero-order valence-electron chi connectivity index (χ0n) is 15.4. The van der Waals surface area contributed by atoms with Crippen LogP contribution in [0.3, 0.4) is 0 Å². The first-order valence-electron chi connectivity index (χ1n) is 9.28. The van der Waals surface area contributed by atoms with Gasteiger partial charge in [-0.15, -0.1) is 12.4 Å². The lowest BCUT2D eigenvalue weighted by Gasteiger charge is -2.38. The maximum atomic E-state index is 14.5. The highest BCUT2D eigenvalue weighted by molar-refractivity contribution is 6.30. The highest BCUT2D eigenvalue weighted by atomic mass is 35.5. The van der Waals surface area contributed by atoms with Gasteiger partial charge in [0.15, 0.2) is 11.6 Å². The third kappa shape index (κ3) is 4.43. The normalized spacial score (nSPS) is 18.0. The van der Waals surface area contributed by atoms with Crippen LogP contribution in [0.15, 0.2) is 42.5 Å². The molecule has 0 aliphatic carbocycles. The minimum atomic E-state index is -0.552. The van der Waals surface area contributed by atoms with Crippen LogP contribution in [0.5, 0.6) is 11.5 Å². The van der Waals surface area contributed by atoms with E-state index in [1.807, 2.05) is 4.90 Å². The van der Waals surface area contributed by atoms with Gasteiger partial charge < -0.3 is 15.0 Å². The number of carbonyl (C=O) groups is 1. The number of nitrogens with zero attached hydrogens (tertiary/aromatic N) is 1. The van der Waals surface area contributed by atoms with Crippen molar-refractivity contribution < 1.29 is 13.9 Å². The molecule has 0 unspecified atom stereocenters. The number of halogens is 3. The van der Waals surface area contributed by atoms with Crippen molar-refractivity contribution in [3.63, 3.8) is 0 Å². The molecule has 7 heteroatoms. The maximum absolute atomic E-state index is 14.5. The Morgan fingerprint density at radius 3 is 2.43 bits per heavy atom. The molecule has 2 fully saturated rings. The van der Waals surface area contributed by atoms with Crippen LogP contribution in [0.4, 0.5) is 4.39 Å². The smallest absolute Gasteiger partial charge is 0.253 e. The fourth-order valence-electron chi connectivity index (χ4n) is 3.94. The molecule has 2 aliphatic rings. The molecular weight excluding hydrogens is 402 g/mol. The summed E-state index contributed by atoms with van der Waals surface area (Å²) in [7, 11) is 0. The van der Waals surface area contributed by atoms with Crippen LogP contribution in [0, 0.1) is 11.2 Å². The van der Waals surface area contributed by atoms with Crippen molar-refractivity contribution in [2.75, 3.05) is 26.2 Å². The van der Waals surface area contributed by atoms with Gasteiger partial charge in [-0.25, -0.2) is 4.39 Å². The highest BCUT2D eigenvalue weighted by Crippen LogP contribution is 2.37. The second-order valence-corrected chi connectivity index (χ2v) is 7.86. The van der Waals surface area contributed by atoms with Gasteiger partial charge >= 0.3 is 0 Å². The summed E-state index contributed by atoms with van der Waals surface area (Å²) in [6, 6.07) is 11.1. The van der Waals surface area contributed by atoms with Crippen LogP contribution in [0.25, 0.3) is 0 Å². The van der Waals surface area contributed by atoms with E-state index < -0.39 is 5.82 Å². The lowest BCUT2D eigenvalue weighted by atomic mass is 9.78. The Morgan fingerprint density at radius 2 is 1.82 bits per heavy atom. The van der Waals surface area contributed by atoms with Crippen LogP contribution in [-0.2, 0) is 0 Å². The van der Waals surface area contributed by atoms with Gasteiger partial charge in [0.2, 0.25) is 0 Å². The zero-order chi connectivity index (χ0) is 18.9. The van der Waals surface area contributed by atoms with Crippen LogP contribution >= 0.6 is 24.0 Å². The Labute approximate surface area is 175 Å². The number of rotatable bonds is 3. The molecule has 150 valence electrons. The number of nitrogens with one attached hydrogen (secondary N) is 1. The van der Waals surface area contributed by atoms with Gasteiger partial charge in [0.25, 0.3) is 5.91 Å². The van der Waals surface area contributed by atoms with E-state index in [-0.39, 0.29) is 24.1 Å². The van der Waals surface area contributed by atoms with E-state index in [0.29, 0.717) is 21.8 Å². The van der Waals surface area contributed by atoms with Crippen LogP contribution in [-0.4, -0.2) is 37.0 Å².